The minimum absolute atomic E-state index is 0.264. The van der Waals surface area contributed by atoms with Crippen molar-refractivity contribution in [3.05, 3.63) is 0 Å². The summed E-state index contributed by atoms with van der Waals surface area (Å²) in [5.74, 6) is 0. The fraction of sp³-hybridized carbons (Fsp3) is 1.00. The van der Waals surface area contributed by atoms with Crippen LogP contribution in [-0.2, 0) is 9.47 Å². The van der Waals surface area contributed by atoms with Crippen molar-refractivity contribution < 1.29 is 9.47 Å². The van der Waals surface area contributed by atoms with Gasteiger partial charge in [0.15, 0.2) is 0 Å². The molecule has 1 heterocycles. The first-order valence-electron chi connectivity index (χ1n) is 8.61. The molecular formula is C17H36N2O2. The molecule has 0 saturated carbocycles. The topological polar surface area (TPSA) is 33.7 Å². The number of nitrogens with zero attached hydrogens (tertiary/aromatic N) is 1. The Morgan fingerprint density at radius 1 is 1.29 bits per heavy atom. The molecule has 1 aliphatic rings. The van der Waals surface area contributed by atoms with Gasteiger partial charge in [-0.3, -0.25) is 4.90 Å². The maximum absolute atomic E-state index is 5.75. The van der Waals surface area contributed by atoms with Gasteiger partial charge in [0.2, 0.25) is 0 Å². The van der Waals surface area contributed by atoms with Gasteiger partial charge in [-0.1, -0.05) is 27.7 Å². The zero-order valence-corrected chi connectivity index (χ0v) is 14.8. The third-order valence-corrected chi connectivity index (χ3v) is 4.65. The first-order valence-corrected chi connectivity index (χ1v) is 8.61. The zero-order valence-electron chi connectivity index (χ0n) is 14.8. The Morgan fingerprint density at radius 3 is 2.48 bits per heavy atom. The molecule has 0 radical (unpaired) electrons. The van der Waals surface area contributed by atoms with Gasteiger partial charge in [-0.2, -0.15) is 0 Å². The molecule has 1 saturated heterocycles. The van der Waals surface area contributed by atoms with Gasteiger partial charge in [0.1, 0.15) is 0 Å². The first kappa shape index (κ1) is 18.9. The maximum Gasteiger partial charge on any atom is 0.0589 e. The van der Waals surface area contributed by atoms with Crippen LogP contribution in [0.3, 0.4) is 0 Å². The van der Waals surface area contributed by atoms with Gasteiger partial charge < -0.3 is 14.8 Å². The fourth-order valence-corrected chi connectivity index (χ4v) is 3.23. The highest BCUT2D eigenvalue weighted by Crippen LogP contribution is 2.30. The average molecular weight is 300 g/mol. The summed E-state index contributed by atoms with van der Waals surface area (Å²) in [6.07, 6.45) is 3.57. The molecule has 126 valence electrons. The van der Waals surface area contributed by atoms with Crippen LogP contribution in [0.1, 0.15) is 47.0 Å². The molecule has 1 unspecified atom stereocenters. The van der Waals surface area contributed by atoms with Gasteiger partial charge in [-0.15, -0.1) is 0 Å². The average Bonchev–Trinajstić information content (AvgIpc) is 2.92. The summed E-state index contributed by atoms with van der Waals surface area (Å²) in [4.78, 5) is 2.63. The molecule has 4 nitrogen and oxygen atoms in total. The van der Waals surface area contributed by atoms with Crippen molar-refractivity contribution in [1.82, 2.24) is 10.2 Å². The largest absolute Gasteiger partial charge is 0.383 e. The lowest BCUT2D eigenvalue weighted by atomic mass is 9.85. The zero-order chi connectivity index (χ0) is 15.7. The summed E-state index contributed by atoms with van der Waals surface area (Å²) in [6, 6.07) is 1.18. The molecule has 21 heavy (non-hydrogen) atoms. The Labute approximate surface area is 131 Å². The van der Waals surface area contributed by atoms with Crippen LogP contribution in [0.15, 0.2) is 0 Å². The third kappa shape index (κ3) is 6.23. The summed E-state index contributed by atoms with van der Waals surface area (Å²) >= 11 is 0. The third-order valence-electron chi connectivity index (χ3n) is 4.65. The molecule has 0 bridgehead atoms. The number of ether oxygens (including phenoxy) is 2. The second-order valence-electron chi connectivity index (χ2n) is 6.77. The number of hydrogen-bond acceptors (Lipinski definition) is 4. The summed E-state index contributed by atoms with van der Waals surface area (Å²) in [5.41, 5.74) is 0.264. The molecule has 0 aliphatic carbocycles. The normalized spacial score (nSPS) is 22.9. The summed E-state index contributed by atoms with van der Waals surface area (Å²) < 4.78 is 11.1. The van der Waals surface area contributed by atoms with Crippen molar-refractivity contribution in [1.29, 1.82) is 0 Å². The molecule has 0 aromatic carbocycles. The van der Waals surface area contributed by atoms with Crippen LogP contribution in [0.2, 0.25) is 0 Å². The van der Waals surface area contributed by atoms with Crippen LogP contribution in [0.5, 0.6) is 0 Å². The van der Waals surface area contributed by atoms with Crippen molar-refractivity contribution in [2.75, 3.05) is 46.6 Å². The monoisotopic (exact) mass is 300 g/mol. The molecular weight excluding hydrogens is 264 g/mol. The first-order chi connectivity index (χ1) is 10.1. The molecule has 1 fully saturated rings. The summed E-state index contributed by atoms with van der Waals surface area (Å²) in [7, 11) is 1.79. The lowest BCUT2D eigenvalue weighted by Crippen LogP contribution is -2.49. The van der Waals surface area contributed by atoms with Gasteiger partial charge in [0.05, 0.1) is 13.2 Å². The molecule has 1 aliphatic heterocycles. The summed E-state index contributed by atoms with van der Waals surface area (Å²) in [5, 5.41) is 3.63. The number of nitrogens with one attached hydrogen (secondary N) is 1. The van der Waals surface area contributed by atoms with E-state index in [-0.39, 0.29) is 5.41 Å². The standard InChI is InChI=1S/C17H36N2O2/c1-6-16(7-2)19(9-11-20-5)13-17(8-10-21-14-17)12-18-15(3)4/h15-16,18H,6-14H2,1-5H3. The van der Waals surface area contributed by atoms with Crippen LogP contribution in [0, 0.1) is 5.41 Å². The highest BCUT2D eigenvalue weighted by atomic mass is 16.5. The Balaban J connectivity index is 2.70. The fourth-order valence-electron chi connectivity index (χ4n) is 3.23. The van der Waals surface area contributed by atoms with E-state index < -0.39 is 0 Å². The van der Waals surface area contributed by atoms with Crippen LogP contribution in [-0.4, -0.2) is 63.5 Å². The second-order valence-corrected chi connectivity index (χ2v) is 6.77. The van der Waals surface area contributed by atoms with Gasteiger partial charge in [-0.25, -0.2) is 0 Å². The highest BCUT2D eigenvalue weighted by Gasteiger charge is 2.37. The van der Waals surface area contributed by atoms with Gasteiger partial charge in [-0.05, 0) is 19.3 Å². The van der Waals surface area contributed by atoms with E-state index in [1.165, 1.54) is 12.8 Å². The van der Waals surface area contributed by atoms with E-state index in [1.54, 1.807) is 7.11 Å². The van der Waals surface area contributed by atoms with E-state index >= 15 is 0 Å². The number of rotatable bonds is 11. The molecule has 4 heteroatoms. The minimum atomic E-state index is 0.264. The SMILES string of the molecule is CCC(CC)N(CCOC)CC1(CNC(C)C)CCOC1. The molecule has 0 aromatic heterocycles. The highest BCUT2D eigenvalue weighted by molar-refractivity contribution is 4.90. The predicted octanol–water partition coefficient (Wildman–Crippen LogP) is 2.53. The Bertz CT molecular complexity index is 262. The van der Waals surface area contributed by atoms with Crippen molar-refractivity contribution in [2.45, 2.75) is 59.0 Å². The molecule has 0 spiro atoms. The second kappa shape index (κ2) is 9.78. The Morgan fingerprint density at radius 2 is 2.00 bits per heavy atom. The van der Waals surface area contributed by atoms with E-state index in [0.29, 0.717) is 12.1 Å². The van der Waals surface area contributed by atoms with Crippen molar-refractivity contribution in [3.8, 4) is 0 Å². The van der Waals surface area contributed by atoms with Crippen molar-refractivity contribution >= 4 is 0 Å². The lowest BCUT2D eigenvalue weighted by Gasteiger charge is -2.39. The smallest absolute Gasteiger partial charge is 0.0589 e. The summed E-state index contributed by atoms with van der Waals surface area (Å²) in [6.45, 7) is 14.8. The predicted molar refractivity (Wildman–Crippen MR) is 88.8 cm³/mol. The molecule has 1 N–H and O–H groups in total. The van der Waals surface area contributed by atoms with Gasteiger partial charge >= 0.3 is 0 Å². The van der Waals surface area contributed by atoms with Crippen LogP contribution in [0.25, 0.3) is 0 Å². The Kier molecular flexibility index (Phi) is 8.79. The van der Waals surface area contributed by atoms with E-state index in [1.807, 2.05) is 0 Å². The molecule has 0 aromatic rings. The maximum atomic E-state index is 5.75. The van der Waals surface area contributed by atoms with E-state index in [2.05, 4.69) is 37.9 Å². The van der Waals surface area contributed by atoms with E-state index in [4.69, 9.17) is 9.47 Å². The number of methoxy groups -OCH3 is 1. The quantitative estimate of drug-likeness (QED) is 0.636. The van der Waals surface area contributed by atoms with Crippen molar-refractivity contribution in [2.24, 2.45) is 5.41 Å². The molecule has 0 amide bonds. The van der Waals surface area contributed by atoms with Crippen LogP contribution >= 0.6 is 0 Å². The van der Waals surface area contributed by atoms with Crippen LogP contribution < -0.4 is 5.32 Å². The van der Waals surface area contributed by atoms with E-state index in [9.17, 15) is 0 Å². The number of hydrogen-bond donors (Lipinski definition) is 1. The van der Waals surface area contributed by atoms with Gasteiger partial charge in [0.25, 0.3) is 0 Å². The molecule has 1 atom stereocenters. The van der Waals surface area contributed by atoms with Crippen LogP contribution in [0.4, 0.5) is 0 Å². The van der Waals surface area contributed by atoms with E-state index in [0.717, 1.165) is 45.9 Å². The Hall–Kier alpha value is -0.160. The lowest BCUT2D eigenvalue weighted by molar-refractivity contribution is 0.0586. The van der Waals surface area contributed by atoms with Gasteiger partial charge in [0, 0.05) is 50.8 Å². The van der Waals surface area contributed by atoms with Crippen molar-refractivity contribution in [3.63, 3.8) is 0 Å². The minimum Gasteiger partial charge on any atom is -0.383 e. The molecule has 1 rings (SSSR count).